The fraction of sp³-hybridized carbons (Fsp3) is 0.267. The summed E-state index contributed by atoms with van der Waals surface area (Å²) in [7, 11) is 1.43. The van der Waals surface area contributed by atoms with E-state index in [1.165, 1.54) is 26.2 Å². The zero-order valence-electron chi connectivity index (χ0n) is 12.1. The summed E-state index contributed by atoms with van der Waals surface area (Å²) >= 11 is 1.14. The summed E-state index contributed by atoms with van der Waals surface area (Å²) < 4.78 is 13.6. The molecule has 1 aromatic carbocycles. The summed E-state index contributed by atoms with van der Waals surface area (Å²) in [5.41, 5.74) is 0.503. The second-order valence-electron chi connectivity index (χ2n) is 4.82. The Labute approximate surface area is 131 Å². The maximum absolute atomic E-state index is 13.6. The number of amides is 1. The van der Waals surface area contributed by atoms with Gasteiger partial charge in [0, 0.05) is 13.5 Å². The summed E-state index contributed by atoms with van der Waals surface area (Å²) in [5.74, 6) is -1.80. The first-order valence-electron chi connectivity index (χ1n) is 6.58. The number of halogens is 1. The number of likely N-dealkylation sites (N-methyl/N-ethyl adjacent to an activating group) is 1. The van der Waals surface area contributed by atoms with Crippen LogP contribution in [0.25, 0.3) is 0 Å². The van der Waals surface area contributed by atoms with Gasteiger partial charge in [0.05, 0.1) is 11.2 Å². The van der Waals surface area contributed by atoms with Gasteiger partial charge in [0.2, 0.25) is 0 Å². The van der Waals surface area contributed by atoms with Crippen molar-refractivity contribution in [3.05, 3.63) is 51.7 Å². The Balaban J connectivity index is 2.13. The monoisotopic (exact) mass is 322 g/mol. The highest BCUT2D eigenvalue weighted by atomic mass is 32.1. The third-order valence-corrected chi connectivity index (χ3v) is 4.31. The van der Waals surface area contributed by atoms with Gasteiger partial charge in [0.25, 0.3) is 5.91 Å². The van der Waals surface area contributed by atoms with Gasteiger partial charge in [-0.3, -0.25) is 4.79 Å². The van der Waals surface area contributed by atoms with Crippen molar-refractivity contribution in [1.29, 1.82) is 0 Å². The number of carbonyl (C=O) groups is 2. The highest BCUT2D eigenvalue weighted by Gasteiger charge is 2.24. The number of aromatic nitrogens is 1. The van der Waals surface area contributed by atoms with E-state index in [1.54, 1.807) is 18.2 Å². The molecule has 22 heavy (non-hydrogen) atoms. The zero-order valence-corrected chi connectivity index (χ0v) is 12.9. The number of thiazole rings is 1. The average Bonchev–Trinajstić information content (AvgIpc) is 2.95. The molecule has 116 valence electrons. The molecule has 5 nitrogen and oxygen atoms in total. The van der Waals surface area contributed by atoms with Crippen molar-refractivity contribution < 1.29 is 19.1 Å². The third-order valence-electron chi connectivity index (χ3n) is 3.32. The Morgan fingerprint density at radius 1 is 1.41 bits per heavy atom. The maximum atomic E-state index is 13.6. The third kappa shape index (κ3) is 3.48. The van der Waals surface area contributed by atoms with Crippen LogP contribution in [0.3, 0.4) is 0 Å². The van der Waals surface area contributed by atoms with Crippen LogP contribution in [0, 0.1) is 5.82 Å². The van der Waals surface area contributed by atoms with Crippen molar-refractivity contribution in [2.45, 2.75) is 19.4 Å². The number of nitrogens with zero attached hydrogens (tertiary/aromatic N) is 2. The topological polar surface area (TPSA) is 70.5 Å². The van der Waals surface area contributed by atoms with Crippen LogP contribution in [0.2, 0.25) is 0 Å². The normalized spacial score (nSPS) is 12.0. The van der Waals surface area contributed by atoms with Crippen LogP contribution >= 0.6 is 11.3 Å². The number of aliphatic carboxylic acids is 1. The van der Waals surface area contributed by atoms with Crippen molar-refractivity contribution in [1.82, 2.24) is 9.88 Å². The lowest BCUT2D eigenvalue weighted by atomic mass is 10.1. The first-order chi connectivity index (χ1) is 10.4. The number of carboxylic acids is 1. The molecule has 1 aromatic heterocycles. The predicted molar refractivity (Wildman–Crippen MR) is 80.5 cm³/mol. The van der Waals surface area contributed by atoms with Crippen molar-refractivity contribution in [2.75, 3.05) is 7.05 Å². The van der Waals surface area contributed by atoms with Crippen LogP contribution < -0.4 is 0 Å². The summed E-state index contributed by atoms with van der Waals surface area (Å²) in [6.07, 6.45) is 1.69. The first kappa shape index (κ1) is 16.1. The largest absolute Gasteiger partial charge is 0.480 e. The molecule has 2 rings (SSSR count). The van der Waals surface area contributed by atoms with Crippen LogP contribution in [-0.4, -0.2) is 40.0 Å². The fourth-order valence-corrected chi connectivity index (χ4v) is 2.73. The SMILES string of the molecule is CC(C(=O)O)N(C)C(=O)c1cnc(Cc2ccccc2F)s1. The second kappa shape index (κ2) is 6.65. The zero-order chi connectivity index (χ0) is 16.3. The van der Waals surface area contributed by atoms with E-state index in [9.17, 15) is 14.0 Å². The van der Waals surface area contributed by atoms with Gasteiger partial charge in [-0.2, -0.15) is 0 Å². The number of hydrogen-bond acceptors (Lipinski definition) is 4. The molecule has 2 aromatic rings. The molecular formula is C15H15FN2O3S. The molecule has 0 aliphatic heterocycles. The summed E-state index contributed by atoms with van der Waals surface area (Å²) in [6.45, 7) is 1.43. The van der Waals surface area contributed by atoms with Gasteiger partial charge in [-0.05, 0) is 18.6 Å². The predicted octanol–water partition coefficient (Wildman–Crippen LogP) is 2.42. The first-order valence-corrected chi connectivity index (χ1v) is 7.40. The van der Waals surface area contributed by atoms with Gasteiger partial charge in [0.1, 0.15) is 16.7 Å². The molecule has 1 heterocycles. The van der Waals surface area contributed by atoms with E-state index in [0.29, 0.717) is 21.9 Å². The Morgan fingerprint density at radius 2 is 2.09 bits per heavy atom. The average molecular weight is 322 g/mol. The van der Waals surface area contributed by atoms with E-state index in [1.807, 2.05) is 0 Å². The lowest BCUT2D eigenvalue weighted by Crippen LogP contribution is -2.39. The Morgan fingerprint density at radius 3 is 2.73 bits per heavy atom. The standard InChI is InChI=1S/C15H15FN2O3S/c1-9(15(20)21)18(2)14(19)12-8-17-13(22-12)7-10-5-3-4-6-11(10)16/h3-6,8-9H,7H2,1-2H3,(H,20,21). The van der Waals surface area contributed by atoms with Gasteiger partial charge in [-0.25, -0.2) is 14.2 Å². The maximum Gasteiger partial charge on any atom is 0.326 e. The molecule has 0 bridgehead atoms. The Bertz CT molecular complexity index is 702. The quantitative estimate of drug-likeness (QED) is 0.918. The van der Waals surface area contributed by atoms with Crippen LogP contribution in [0.4, 0.5) is 4.39 Å². The molecule has 1 unspecified atom stereocenters. The van der Waals surface area contributed by atoms with E-state index in [2.05, 4.69) is 4.98 Å². The molecule has 0 radical (unpaired) electrons. The highest BCUT2D eigenvalue weighted by Crippen LogP contribution is 2.20. The number of carbonyl (C=O) groups excluding carboxylic acids is 1. The van der Waals surface area contributed by atoms with Crippen molar-refractivity contribution in [3.8, 4) is 0 Å². The minimum absolute atomic E-state index is 0.294. The molecule has 7 heteroatoms. The fourth-order valence-electron chi connectivity index (χ4n) is 1.81. The minimum Gasteiger partial charge on any atom is -0.480 e. The molecular weight excluding hydrogens is 307 g/mol. The van der Waals surface area contributed by atoms with Crippen molar-refractivity contribution in [2.24, 2.45) is 0 Å². The summed E-state index contributed by atoms with van der Waals surface area (Å²) in [4.78, 5) is 28.7. The van der Waals surface area contributed by atoms with E-state index in [0.717, 1.165) is 16.2 Å². The lowest BCUT2D eigenvalue weighted by Gasteiger charge is -2.20. The van der Waals surface area contributed by atoms with Gasteiger partial charge in [-0.1, -0.05) is 18.2 Å². The van der Waals surface area contributed by atoms with Crippen LogP contribution in [0.1, 0.15) is 27.2 Å². The molecule has 0 aliphatic carbocycles. The molecule has 0 aliphatic rings. The van der Waals surface area contributed by atoms with E-state index >= 15 is 0 Å². The summed E-state index contributed by atoms with van der Waals surface area (Å²) in [5, 5.41) is 9.53. The molecule has 0 saturated carbocycles. The molecule has 1 atom stereocenters. The van der Waals surface area contributed by atoms with Crippen molar-refractivity contribution in [3.63, 3.8) is 0 Å². The summed E-state index contributed by atoms with van der Waals surface area (Å²) in [6, 6.07) is 5.46. The number of carboxylic acid groups (broad SMARTS) is 1. The molecule has 0 spiro atoms. The Hall–Kier alpha value is -2.28. The number of hydrogen-bond donors (Lipinski definition) is 1. The highest BCUT2D eigenvalue weighted by molar-refractivity contribution is 7.13. The van der Waals surface area contributed by atoms with E-state index in [-0.39, 0.29) is 5.82 Å². The van der Waals surface area contributed by atoms with E-state index in [4.69, 9.17) is 5.11 Å². The van der Waals surface area contributed by atoms with Gasteiger partial charge in [-0.15, -0.1) is 11.3 Å². The van der Waals surface area contributed by atoms with E-state index < -0.39 is 17.9 Å². The molecule has 0 fully saturated rings. The molecule has 1 N–H and O–H groups in total. The van der Waals surface area contributed by atoms with Crippen LogP contribution in [-0.2, 0) is 11.2 Å². The smallest absolute Gasteiger partial charge is 0.326 e. The number of rotatable bonds is 5. The van der Waals surface area contributed by atoms with Crippen molar-refractivity contribution >= 4 is 23.2 Å². The molecule has 1 amide bonds. The van der Waals surface area contributed by atoms with Crippen LogP contribution in [0.5, 0.6) is 0 Å². The van der Waals surface area contributed by atoms with Gasteiger partial charge < -0.3 is 10.0 Å². The molecule has 0 saturated heterocycles. The lowest BCUT2D eigenvalue weighted by molar-refractivity contribution is -0.141. The minimum atomic E-state index is -1.08. The van der Waals surface area contributed by atoms with Gasteiger partial charge in [0.15, 0.2) is 0 Å². The van der Waals surface area contributed by atoms with Crippen LogP contribution in [0.15, 0.2) is 30.5 Å². The van der Waals surface area contributed by atoms with Gasteiger partial charge >= 0.3 is 5.97 Å². The Kier molecular flexibility index (Phi) is 4.87. The second-order valence-corrected chi connectivity index (χ2v) is 5.93. The number of benzene rings is 1.